The molecule has 0 aliphatic rings. The zero-order valence-corrected chi connectivity index (χ0v) is 6.78. The van der Waals surface area contributed by atoms with Gasteiger partial charge in [0, 0.05) is 12.2 Å². The number of carboxylic acids is 2. The largest absolute Gasteiger partial charge is 2.00 e. The third-order valence-electron chi connectivity index (χ3n) is 0.368. The molecule has 6 heteroatoms. The van der Waals surface area contributed by atoms with E-state index in [1.807, 2.05) is 0 Å². The van der Waals surface area contributed by atoms with Crippen LogP contribution in [0.3, 0.4) is 0 Å². The SMILES string of the molecule is O=C(O)/C=C\C(=O)O.[AlH3].[Ca+2].[H-].[H-]. The van der Waals surface area contributed by atoms with Crippen LogP contribution in [0.2, 0.25) is 0 Å². The molecule has 54 valence electrons. The molecule has 0 amide bonds. The summed E-state index contributed by atoms with van der Waals surface area (Å²) in [7, 11) is 0. The van der Waals surface area contributed by atoms with Gasteiger partial charge in [-0.25, -0.2) is 9.59 Å². The van der Waals surface area contributed by atoms with Gasteiger partial charge in [-0.05, 0) is 0 Å². The molecule has 0 radical (unpaired) electrons. The van der Waals surface area contributed by atoms with E-state index in [0.29, 0.717) is 12.2 Å². The van der Waals surface area contributed by atoms with Gasteiger partial charge in [-0.1, -0.05) is 0 Å². The predicted molar refractivity (Wildman–Crippen MR) is 42.3 cm³/mol. The Morgan fingerprint density at radius 3 is 1.40 bits per heavy atom. The summed E-state index contributed by atoms with van der Waals surface area (Å²) in [6, 6.07) is 0. The van der Waals surface area contributed by atoms with E-state index in [1.165, 1.54) is 0 Å². The van der Waals surface area contributed by atoms with Crippen LogP contribution < -0.4 is 0 Å². The first-order valence-electron chi connectivity index (χ1n) is 1.77. The molecule has 0 spiro atoms. The normalized spacial score (nSPS) is 7.60. The Morgan fingerprint density at radius 2 is 1.30 bits per heavy atom. The maximum atomic E-state index is 9.55. The average molecular weight is 188 g/mol. The molecule has 0 aliphatic heterocycles. The van der Waals surface area contributed by atoms with Crippen LogP contribution >= 0.6 is 0 Å². The minimum Gasteiger partial charge on any atom is -1.00 e. The van der Waals surface area contributed by atoms with Crippen molar-refractivity contribution >= 4 is 67.0 Å². The number of carbonyl (C=O) groups is 2. The number of hydrogen-bond donors (Lipinski definition) is 2. The molecular formula is C4H9AlCaO4. The van der Waals surface area contributed by atoms with Gasteiger partial charge >= 0.3 is 49.7 Å². The number of aliphatic carboxylic acids is 2. The Kier molecular flexibility index (Phi) is 15.9. The molecular weight excluding hydrogens is 179 g/mol. The summed E-state index contributed by atoms with van der Waals surface area (Å²) in [5, 5.41) is 15.6. The van der Waals surface area contributed by atoms with Crippen LogP contribution in [0, 0.1) is 0 Å². The van der Waals surface area contributed by atoms with E-state index in [9.17, 15) is 9.59 Å². The van der Waals surface area contributed by atoms with Crippen LogP contribution in [0.4, 0.5) is 0 Å². The second-order valence-corrected chi connectivity index (χ2v) is 1.01. The van der Waals surface area contributed by atoms with Gasteiger partial charge in [-0.3, -0.25) is 0 Å². The standard InChI is InChI=1S/C4H4O4.Al.Ca.5H/c5-3(6)1-2-4(7)8;;;;;;;/h1-2H,(H,5,6)(H,7,8);;;;;;;/q;;+2;;;;2*-1/b2-1-;;;;;;;. The Balaban J connectivity index is -0.0000000408. The van der Waals surface area contributed by atoms with Crippen molar-refractivity contribution in [1.82, 2.24) is 0 Å². The minimum absolute atomic E-state index is 0. The van der Waals surface area contributed by atoms with Crippen molar-refractivity contribution in [3.05, 3.63) is 12.2 Å². The summed E-state index contributed by atoms with van der Waals surface area (Å²) in [5.41, 5.74) is 0. The smallest absolute Gasteiger partial charge is 1.00 e. The average Bonchev–Trinajstić information content (AvgIpc) is 1.61. The van der Waals surface area contributed by atoms with Crippen LogP contribution in [-0.2, 0) is 9.59 Å². The maximum Gasteiger partial charge on any atom is 2.00 e. The van der Waals surface area contributed by atoms with E-state index in [4.69, 9.17) is 10.2 Å². The van der Waals surface area contributed by atoms with Gasteiger partial charge < -0.3 is 13.1 Å². The van der Waals surface area contributed by atoms with Crippen LogP contribution in [0.25, 0.3) is 0 Å². The summed E-state index contributed by atoms with van der Waals surface area (Å²) in [4.78, 5) is 19.1. The quantitative estimate of drug-likeness (QED) is 0.403. The monoisotopic (exact) mass is 188 g/mol. The van der Waals surface area contributed by atoms with Gasteiger partial charge in [-0.15, -0.1) is 0 Å². The van der Waals surface area contributed by atoms with E-state index in [-0.39, 0.29) is 58.0 Å². The number of rotatable bonds is 2. The topological polar surface area (TPSA) is 74.6 Å². The van der Waals surface area contributed by atoms with Gasteiger partial charge in [0.15, 0.2) is 17.4 Å². The first-order valence-corrected chi connectivity index (χ1v) is 1.77. The fraction of sp³-hybridized carbons (Fsp3) is 0. The molecule has 0 rings (SSSR count). The Hall–Kier alpha value is 0.472. The molecule has 0 saturated heterocycles. The summed E-state index contributed by atoms with van der Waals surface area (Å²) in [6.07, 6.45) is 1.12. The minimum atomic E-state index is -1.26. The first kappa shape index (κ1) is 16.8. The Labute approximate surface area is 101 Å². The molecule has 0 bridgehead atoms. The molecule has 0 saturated carbocycles. The van der Waals surface area contributed by atoms with Gasteiger partial charge in [0.25, 0.3) is 0 Å². The second-order valence-electron chi connectivity index (χ2n) is 1.01. The second kappa shape index (κ2) is 9.47. The van der Waals surface area contributed by atoms with Crippen molar-refractivity contribution in [2.75, 3.05) is 0 Å². The molecule has 0 heterocycles. The third-order valence-corrected chi connectivity index (χ3v) is 0.368. The maximum absolute atomic E-state index is 9.55. The van der Waals surface area contributed by atoms with Crippen molar-refractivity contribution in [1.29, 1.82) is 0 Å². The zero-order valence-electron chi connectivity index (χ0n) is 6.57. The zero-order chi connectivity index (χ0) is 6.57. The Bertz CT molecular complexity index is 136. The molecule has 10 heavy (non-hydrogen) atoms. The molecule has 0 unspecified atom stereocenters. The van der Waals surface area contributed by atoms with Crippen molar-refractivity contribution < 1.29 is 22.7 Å². The molecule has 0 aromatic rings. The predicted octanol–water partition coefficient (Wildman–Crippen LogP) is -1.63. The van der Waals surface area contributed by atoms with E-state index in [2.05, 4.69) is 0 Å². The van der Waals surface area contributed by atoms with E-state index < -0.39 is 11.9 Å². The van der Waals surface area contributed by atoms with E-state index in [1.54, 1.807) is 0 Å². The fourth-order valence-electron chi connectivity index (χ4n) is 0.143. The third kappa shape index (κ3) is 15.8. The van der Waals surface area contributed by atoms with Crippen molar-refractivity contribution in [3.63, 3.8) is 0 Å². The summed E-state index contributed by atoms with van der Waals surface area (Å²) < 4.78 is 0. The molecule has 4 nitrogen and oxygen atoms in total. The summed E-state index contributed by atoms with van der Waals surface area (Å²) >= 11 is 0. The molecule has 0 aromatic carbocycles. The van der Waals surface area contributed by atoms with Crippen LogP contribution in [-0.4, -0.2) is 77.3 Å². The van der Waals surface area contributed by atoms with Crippen molar-refractivity contribution in [2.24, 2.45) is 0 Å². The number of hydrogen-bond acceptors (Lipinski definition) is 2. The molecule has 0 fully saturated rings. The van der Waals surface area contributed by atoms with Crippen LogP contribution in [0.1, 0.15) is 2.85 Å². The van der Waals surface area contributed by atoms with Gasteiger partial charge in [0.2, 0.25) is 0 Å². The number of carboxylic acid groups (broad SMARTS) is 2. The van der Waals surface area contributed by atoms with E-state index >= 15 is 0 Å². The molecule has 2 N–H and O–H groups in total. The summed E-state index contributed by atoms with van der Waals surface area (Å²) in [6.45, 7) is 0. The Morgan fingerprint density at radius 1 is 1.10 bits per heavy atom. The summed E-state index contributed by atoms with van der Waals surface area (Å²) in [5.74, 6) is -2.51. The van der Waals surface area contributed by atoms with Gasteiger partial charge in [-0.2, -0.15) is 0 Å². The fourth-order valence-corrected chi connectivity index (χ4v) is 0.143. The molecule has 0 aliphatic carbocycles. The van der Waals surface area contributed by atoms with E-state index in [0.717, 1.165) is 0 Å². The van der Waals surface area contributed by atoms with Gasteiger partial charge in [0.05, 0.1) is 0 Å². The first-order chi connectivity index (χ1) is 3.63. The van der Waals surface area contributed by atoms with Gasteiger partial charge in [0.1, 0.15) is 0 Å². The van der Waals surface area contributed by atoms with Crippen molar-refractivity contribution in [3.8, 4) is 0 Å². The van der Waals surface area contributed by atoms with Crippen LogP contribution in [0.15, 0.2) is 12.2 Å². The van der Waals surface area contributed by atoms with Crippen molar-refractivity contribution in [2.45, 2.75) is 0 Å². The van der Waals surface area contributed by atoms with Crippen LogP contribution in [0.5, 0.6) is 0 Å². The molecule has 0 atom stereocenters. The molecule has 0 aromatic heterocycles.